The minimum atomic E-state index is -0.892. The van der Waals surface area contributed by atoms with Crippen molar-refractivity contribution in [2.24, 2.45) is 0 Å². The van der Waals surface area contributed by atoms with Crippen molar-refractivity contribution in [2.75, 3.05) is 19.6 Å². The van der Waals surface area contributed by atoms with E-state index >= 15 is 0 Å². The highest BCUT2D eigenvalue weighted by atomic mass is 16.4. The van der Waals surface area contributed by atoms with Gasteiger partial charge in [0.15, 0.2) is 0 Å². The molecule has 17 heavy (non-hydrogen) atoms. The lowest BCUT2D eigenvalue weighted by molar-refractivity contribution is -0.133. The summed E-state index contributed by atoms with van der Waals surface area (Å²) < 4.78 is 0. The molecule has 1 heterocycles. The van der Waals surface area contributed by atoms with Crippen LogP contribution in [0.1, 0.15) is 26.7 Å². The van der Waals surface area contributed by atoms with Crippen molar-refractivity contribution in [1.29, 1.82) is 0 Å². The Morgan fingerprint density at radius 3 is 2.88 bits per heavy atom. The molecular weight excluding hydrogens is 220 g/mol. The Bertz CT molecular complexity index is 326. The first-order valence-electron chi connectivity index (χ1n) is 5.97. The predicted molar refractivity (Wildman–Crippen MR) is 64.7 cm³/mol. The lowest BCUT2D eigenvalue weighted by Crippen LogP contribution is -2.43. The number of carboxylic acids is 1. The molecule has 0 aromatic rings. The summed E-state index contributed by atoms with van der Waals surface area (Å²) >= 11 is 0. The summed E-state index contributed by atoms with van der Waals surface area (Å²) in [6, 6.07) is 0.168. The van der Waals surface area contributed by atoms with E-state index in [2.05, 4.69) is 5.32 Å². The Kier molecular flexibility index (Phi) is 5.15. The van der Waals surface area contributed by atoms with Crippen LogP contribution in [0.25, 0.3) is 0 Å². The third kappa shape index (κ3) is 4.56. The second-order valence-electron chi connectivity index (χ2n) is 4.41. The minimum absolute atomic E-state index is 0.0361. The van der Waals surface area contributed by atoms with Gasteiger partial charge >= 0.3 is 5.97 Å². The number of amides is 1. The molecule has 1 aliphatic rings. The number of hydrogen-bond acceptors (Lipinski definition) is 3. The van der Waals surface area contributed by atoms with Gasteiger partial charge in [-0.1, -0.05) is 13.0 Å². The predicted octanol–water partition coefficient (Wildman–Crippen LogP) is 0.618. The normalized spacial score (nSPS) is 18.4. The van der Waals surface area contributed by atoms with Gasteiger partial charge in [-0.15, -0.1) is 0 Å². The standard InChI is InChI=1S/C12H20N2O3/c1-3-9(2)13-11(15)8-14-6-4-5-10(7-14)12(16)17/h5,9H,3-4,6-8H2,1-2H3,(H,13,15)(H,16,17). The molecule has 1 rings (SSSR count). The van der Waals surface area contributed by atoms with Gasteiger partial charge in [0, 0.05) is 24.7 Å². The second kappa shape index (κ2) is 6.39. The maximum atomic E-state index is 11.6. The Morgan fingerprint density at radius 1 is 1.59 bits per heavy atom. The van der Waals surface area contributed by atoms with Crippen molar-refractivity contribution in [3.05, 3.63) is 11.6 Å². The first-order chi connectivity index (χ1) is 8.02. The molecule has 0 aromatic carbocycles. The molecule has 1 aliphatic heterocycles. The zero-order chi connectivity index (χ0) is 12.8. The van der Waals surface area contributed by atoms with E-state index in [9.17, 15) is 9.59 Å². The summed E-state index contributed by atoms with van der Waals surface area (Å²) in [5, 5.41) is 11.8. The van der Waals surface area contributed by atoms with E-state index in [1.165, 1.54) is 0 Å². The summed E-state index contributed by atoms with van der Waals surface area (Å²) in [4.78, 5) is 24.3. The van der Waals surface area contributed by atoms with Crippen LogP contribution in [0.15, 0.2) is 11.6 Å². The molecule has 0 bridgehead atoms. The molecule has 1 unspecified atom stereocenters. The van der Waals surface area contributed by atoms with Gasteiger partial charge in [0.25, 0.3) is 0 Å². The van der Waals surface area contributed by atoms with Crippen molar-refractivity contribution in [3.63, 3.8) is 0 Å². The summed E-state index contributed by atoms with van der Waals surface area (Å²) in [6.45, 7) is 5.33. The molecule has 2 N–H and O–H groups in total. The highest BCUT2D eigenvalue weighted by molar-refractivity contribution is 5.87. The first kappa shape index (κ1) is 13.7. The van der Waals surface area contributed by atoms with E-state index in [0.29, 0.717) is 18.5 Å². The molecule has 96 valence electrons. The fraction of sp³-hybridized carbons (Fsp3) is 0.667. The minimum Gasteiger partial charge on any atom is -0.478 e. The number of rotatable bonds is 5. The van der Waals surface area contributed by atoms with Crippen molar-refractivity contribution >= 4 is 11.9 Å². The van der Waals surface area contributed by atoms with Gasteiger partial charge in [0.05, 0.1) is 6.54 Å². The monoisotopic (exact) mass is 240 g/mol. The first-order valence-corrected chi connectivity index (χ1v) is 5.97. The van der Waals surface area contributed by atoms with Gasteiger partial charge in [0.1, 0.15) is 0 Å². The Morgan fingerprint density at radius 2 is 2.29 bits per heavy atom. The molecule has 0 aromatic heterocycles. The molecule has 0 spiro atoms. The highest BCUT2D eigenvalue weighted by Crippen LogP contribution is 2.09. The summed E-state index contributed by atoms with van der Waals surface area (Å²) in [7, 11) is 0. The molecule has 0 fully saturated rings. The fourth-order valence-corrected chi connectivity index (χ4v) is 1.72. The summed E-state index contributed by atoms with van der Waals surface area (Å²) in [5.41, 5.74) is 0.382. The van der Waals surface area contributed by atoms with Crippen LogP contribution in [-0.4, -0.2) is 47.6 Å². The lowest BCUT2D eigenvalue weighted by atomic mass is 10.1. The molecule has 5 nitrogen and oxygen atoms in total. The average Bonchev–Trinajstić information content (AvgIpc) is 2.28. The van der Waals surface area contributed by atoms with E-state index in [1.54, 1.807) is 6.08 Å². The molecular formula is C12H20N2O3. The van der Waals surface area contributed by atoms with E-state index in [4.69, 9.17) is 5.11 Å². The van der Waals surface area contributed by atoms with Gasteiger partial charge in [-0.2, -0.15) is 0 Å². The van der Waals surface area contributed by atoms with E-state index in [-0.39, 0.29) is 18.5 Å². The van der Waals surface area contributed by atoms with Crippen LogP contribution in [0, 0.1) is 0 Å². The van der Waals surface area contributed by atoms with Crippen LogP contribution in [0.2, 0.25) is 0 Å². The number of nitrogens with zero attached hydrogens (tertiary/aromatic N) is 1. The zero-order valence-electron chi connectivity index (χ0n) is 10.4. The molecule has 0 radical (unpaired) electrons. The van der Waals surface area contributed by atoms with Gasteiger partial charge < -0.3 is 10.4 Å². The van der Waals surface area contributed by atoms with Gasteiger partial charge in [-0.3, -0.25) is 9.69 Å². The molecule has 1 amide bonds. The quantitative estimate of drug-likeness (QED) is 0.739. The smallest absolute Gasteiger partial charge is 0.332 e. The summed E-state index contributed by atoms with van der Waals surface area (Å²) in [6.07, 6.45) is 3.32. The van der Waals surface area contributed by atoms with Crippen LogP contribution in [0.3, 0.4) is 0 Å². The zero-order valence-corrected chi connectivity index (χ0v) is 10.4. The van der Waals surface area contributed by atoms with Crippen molar-refractivity contribution in [3.8, 4) is 0 Å². The maximum Gasteiger partial charge on any atom is 0.332 e. The number of carbonyl (C=O) groups excluding carboxylic acids is 1. The topological polar surface area (TPSA) is 69.6 Å². The number of nitrogens with one attached hydrogen (secondary N) is 1. The van der Waals surface area contributed by atoms with Crippen LogP contribution in [-0.2, 0) is 9.59 Å². The number of hydrogen-bond donors (Lipinski definition) is 2. The average molecular weight is 240 g/mol. The van der Waals surface area contributed by atoms with E-state index in [1.807, 2.05) is 18.7 Å². The largest absolute Gasteiger partial charge is 0.478 e. The van der Waals surface area contributed by atoms with Crippen LogP contribution < -0.4 is 5.32 Å². The van der Waals surface area contributed by atoms with E-state index in [0.717, 1.165) is 13.0 Å². The fourth-order valence-electron chi connectivity index (χ4n) is 1.72. The molecule has 0 aliphatic carbocycles. The summed E-state index contributed by atoms with van der Waals surface area (Å²) in [5.74, 6) is -0.928. The van der Waals surface area contributed by atoms with Gasteiger partial charge in [-0.25, -0.2) is 4.79 Å². The number of carbonyl (C=O) groups is 2. The molecule has 1 atom stereocenters. The SMILES string of the molecule is CCC(C)NC(=O)CN1CCC=C(C(=O)O)C1. The third-order valence-corrected chi connectivity index (χ3v) is 2.89. The second-order valence-corrected chi connectivity index (χ2v) is 4.41. The third-order valence-electron chi connectivity index (χ3n) is 2.89. The molecule has 5 heteroatoms. The van der Waals surface area contributed by atoms with Crippen molar-refractivity contribution in [1.82, 2.24) is 10.2 Å². The Labute approximate surface area is 101 Å². The lowest BCUT2D eigenvalue weighted by Gasteiger charge is -2.25. The van der Waals surface area contributed by atoms with Crippen LogP contribution in [0.5, 0.6) is 0 Å². The van der Waals surface area contributed by atoms with Crippen molar-refractivity contribution < 1.29 is 14.7 Å². The Balaban J connectivity index is 2.40. The maximum absolute atomic E-state index is 11.6. The number of carboxylic acid groups (broad SMARTS) is 1. The molecule has 0 saturated carbocycles. The van der Waals surface area contributed by atoms with Gasteiger partial charge in [0.2, 0.25) is 5.91 Å². The van der Waals surface area contributed by atoms with E-state index < -0.39 is 5.97 Å². The number of aliphatic carboxylic acids is 1. The molecule has 0 saturated heterocycles. The van der Waals surface area contributed by atoms with Crippen molar-refractivity contribution in [2.45, 2.75) is 32.7 Å². The van der Waals surface area contributed by atoms with Crippen LogP contribution >= 0.6 is 0 Å². The van der Waals surface area contributed by atoms with Gasteiger partial charge in [-0.05, 0) is 19.8 Å². The Hall–Kier alpha value is -1.36. The van der Waals surface area contributed by atoms with Crippen LogP contribution in [0.4, 0.5) is 0 Å². The highest BCUT2D eigenvalue weighted by Gasteiger charge is 2.19.